The van der Waals surface area contributed by atoms with E-state index in [1.807, 2.05) is 0 Å². The molecule has 0 aliphatic carbocycles. The van der Waals surface area contributed by atoms with Gasteiger partial charge in [-0.3, -0.25) is 9.63 Å². The number of hydrogen-bond acceptors (Lipinski definition) is 2. The second kappa shape index (κ2) is 4.15. The fourth-order valence-corrected chi connectivity index (χ4v) is 0.914. The molecule has 3 nitrogen and oxygen atoms in total. The Morgan fingerprint density at radius 2 is 2.07 bits per heavy atom. The van der Waals surface area contributed by atoms with E-state index in [-0.39, 0.29) is 5.56 Å². The Morgan fingerprint density at radius 1 is 1.43 bits per heavy atom. The molecule has 5 heteroatoms. The molecule has 0 heterocycles. The fraction of sp³-hybridized carbons (Fsp3) is 0.222. The van der Waals surface area contributed by atoms with E-state index in [4.69, 9.17) is 0 Å². The third-order valence-corrected chi connectivity index (χ3v) is 1.72. The molecule has 0 saturated heterocycles. The number of nitrogens with zero attached hydrogens (tertiary/aromatic N) is 1. The van der Waals surface area contributed by atoms with E-state index < -0.39 is 17.5 Å². The van der Waals surface area contributed by atoms with Crippen LogP contribution in [0.4, 0.5) is 8.78 Å². The van der Waals surface area contributed by atoms with E-state index >= 15 is 0 Å². The van der Waals surface area contributed by atoms with Gasteiger partial charge < -0.3 is 0 Å². The molecule has 0 saturated carbocycles. The van der Waals surface area contributed by atoms with Gasteiger partial charge >= 0.3 is 0 Å². The molecule has 0 aliphatic rings. The van der Waals surface area contributed by atoms with Crippen molar-refractivity contribution in [1.82, 2.24) is 5.06 Å². The minimum atomic E-state index is -0.777. The van der Waals surface area contributed by atoms with Gasteiger partial charge in [0.1, 0.15) is 11.6 Å². The van der Waals surface area contributed by atoms with Crippen molar-refractivity contribution in [2.75, 3.05) is 14.2 Å². The molecule has 0 unspecified atom stereocenters. The molecule has 1 amide bonds. The molecule has 0 aromatic heterocycles. The van der Waals surface area contributed by atoms with Crippen LogP contribution in [0.1, 0.15) is 10.4 Å². The van der Waals surface area contributed by atoms with Crippen LogP contribution < -0.4 is 0 Å². The zero-order valence-electron chi connectivity index (χ0n) is 7.75. The zero-order valence-corrected chi connectivity index (χ0v) is 7.75. The summed E-state index contributed by atoms with van der Waals surface area (Å²) < 4.78 is 25.7. The lowest BCUT2D eigenvalue weighted by atomic mass is 10.2. The molecule has 0 N–H and O–H groups in total. The van der Waals surface area contributed by atoms with Gasteiger partial charge in [0.2, 0.25) is 0 Å². The molecule has 0 aliphatic heterocycles. The molecule has 0 bridgehead atoms. The molecule has 1 aromatic rings. The zero-order chi connectivity index (χ0) is 10.7. The fourth-order valence-electron chi connectivity index (χ4n) is 0.914. The average molecular weight is 201 g/mol. The highest BCUT2D eigenvalue weighted by molar-refractivity contribution is 5.93. The average Bonchev–Trinajstić information content (AvgIpc) is 2.19. The smallest absolute Gasteiger partial charge is 0.274 e. The molecule has 0 radical (unpaired) electrons. The minimum absolute atomic E-state index is 0.352. The van der Waals surface area contributed by atoms with Crippen LogP contribution in [-0.2, 0) is 4.84 Å². The first-order valence-electron chi connectivity index (χ1n) is 3.83. The van der Waals surface area contributed by atoms with Gasteiger partial charge in [-0.05, 0) is 18.2 Å². The quantitative estimate of drug-likeness (QED) is 0.680. The number of hydroxylamine groups is 2. The van der Waals surface area contributed by atoms with Crippen LogP contribution in [0.5, 0.6) is 0 Å². The van der Waals surface area contributed by atoms with E-state index in [1.54, 1.807) is 0 Å². The summed E-state index contributed by atoms with van der Waals surface area (Å²) in [4.78, 5) is 15.9. The van der Waals surface area contributed by atoms with Crippen LogP contribution in [0.25, 0.3) is 0 Å². The Bertz CT molecular complexity index is 355. The predicted octanol–water partition coefficient (Wildman–Crippen LogP) is 1.60. The van der Waals surface area contributed by atoms with Gasteiger partial charge in [0.15, 0.2) is 0 Å². The second-order valence-electron chi connectivity index (χ2n) is 2.61. The Hall–Kier alpha value is -1.49. The van der Waals surface area contributed by atoms with Crippen molar-refractivity contribution in [3.63, 3.8) is 0 Å². The van der Waals surface area contributed by atoms with Crippen molar-refractivity contribution in [3.8, 4) is 0 Å². The van der Waals surface area contributed by atoms with Crippen LogP contribution in [0, 0.1) is 11.6 Å². The maximum atomic E-state index is 13.0. The molecule has 0 atom stereocenters. The maximum Gasteiger partial charge on any atom is 0.280 e. The number of carbonyl (C=O) groups is 1. The number of hydrogen-bond donors (Lipinski definition) is 0. The third-order valence-electron chi connectivity index (χ3n) is 1.72. The standard InChI is InChI=1S/C9H9F2NO2/c1-12(14-2)9(13)7-5-6(10)3-4-8(7)11/h3-5H,1-2H3. The van der Waals surface area contributed by atoms with Crippen molar-refractivity contribution in [2.24, 2.45) is 0 Å². The third kappa shape index (κ3) is 2.05. The maximum absolute atomic E-state index is 13.0. The van der Waals surface area contributed by atoms with Crippen LogP contribution in [0.2, 0.25) is 0 Å². The van der Waals surface area contributed by atoms with E-state index in [0.29, 0.717) is 0 Å². The summed E-state index contributed by atoms with van der Waals surface area (Å²) in [6.45, 7) is 0. The lowest BCUT2D eigenvalue weighted by Crippen LogP contribution is -2.26. The first kappa shape index (κ1) is 10.6. The van der Waals surface area contributed by atoms with Gasteiger partial charge in [-0.25, -0.2) is 13.8 Å². The highest BCUT2D eigenvalue weighted by atomic mass is 19.1. The molecule has 1 rings (SSSR count). The molecule has 0 spiro atoms. The van der Waals surface area contributed by atoms with E-state index in [9.17, 15) is 13.6 Å². The molecule has 14 heavy (non-hydrogen) atoms. The first-order valence-corrected chi connectivity index (χ1v) is 3.83. The van der Waals surface area contributed by atoms with Crippen LogP contribution in [0.15, 0.2) is 18.2 Å². The van der Waals surface area contributed by atoms with Crippen LogP contribution in [-0.4, -0.2) is 25.1 Å². The molecular formula is C9H9F2NO2. The summed E-state index contributed by atoms with van der Waals surface area (Å²) in [5, 5.41) is 0.817. The van der Waals surface area contributed by atoms with Gasteiger partial charge in [0.05, 0.1) is 12.7 Å². The predicted molar refractivity (Wildman–Crippen MR) is 45.5 cm³/mol. The summed E-state index contributed by atoms with van der Waals surface area (Å²) in [7, 11) is 2.57. The van der Waals surface area contributed by atoms with E-state index in [1.165, 1.54) is 14.2 Å². The Labute approximate surface area is 79.8 Å². The van der Waals surface area contributed by atoms with Gasteiger partial charge in [-0.1, -0.05) is 0 Å². The van der Waals surface area contributed by atoms with Crippen molar-refractivity contribution in [1.29, 1.82) is 0 Å². The van der Waals surface area contributed by atoms with Crippen molar-refractivity contribution in [2.45, 2.75) is 0 Å². The van der Waals surface area contributed by atoms with E-state index in [0.717, 1.165) is 23.3 Å². The monoisotopic (exact) mass is 201 g/mol. The SMILES string of the molecule is CON(C)C(=O)c1cc(F)ccc1F. The normalized spacial score (nSPS) is 10.0. The Kier molecular flexibility index (Phi) is 3.14. The summed E-state index contributed by atoms with van der Waals surface area (Å²) in [5.74, 6) is -2.18. The molecular weight excluding hydrogens is 192 g/mol. The summed E-state index contributed by atoms with van der Waals surface area (Å²) in [5.41, 5.74) is -0.352. The van der Waals surface area contributed by atoms with Crippen molar-refractivity contribution >= 4 is 5.91 Å². The number of rotatable bonds is 2. The number of halogens is 2. The summed E-state index contributed by atoms with van der Waals surface area (Å²) >= 11 is 0. The van der Waals surface area contributed by atoms with E-state index in [2.05, 4.69) is 4.84 Å². The highest BCUT2D eigenvalue weighted by Crippen LogP contribution is 2.11. The highest BCUT2D eigenvalue weighted by Gasteiger charge is 2.16. The molecule has 76 valence electrons. The number of benzene rings is 1. The minimum Gasteiger partial charge on any atom is -0.274 e. The molecule has 1 aromatic carbocycles. The van der Waals surface area contributed by atoms with Crippen LogP contribution in [0.3, 0.4) is 0 Å². The number of carbonyl (C=O) groups excluding carboxylic acids is 1. The Morgan fingerprint density at radius 3 is 2.64 bits per heavy atom. The molecule has 0 fully saturated rings. The Balaban J connectivity index is 3.06. The second-order valence-corrected chi connectivity index (χ2v) is 2.61. The van der Waals surface area contributed by atoms with Gasteiger partial charge in [-0.15, -0.1) is 0 Å². The summed E-state index contributed by atoms with van der Waals surface area (Å²) in [6.07, 6.45) is 0. The van der Waals surface area contributed by atoms with Crippen LogP contribution >= 0.6 is 0 Å². The van der Waals surface area contributed by atoms with Gasteiger partial charge in [0, 0.05) is 7.05 Å². The first-order chi connectivity index (χ1) is 6.56. The summed E-state index contributed by atoms with van der Waals surface area (Å²) in [6, 6.07) is 2.66. The number of amides is 1. The van der Waals surface area contributed by atoms with Crippen molar-refractivity contribution < 1.29 is 18.4 Å². The lowest BCUT2D eigenvalue weighted by molar-refractivity contribution is -0.0759. The van der Waals surface area contributed by atoms with Gasteiger partial charge in [-0.2, -0.15) is 0 Å². The largest absolute Gasteiger partial charge is 0.280 e. The van der Waals surface area contributed by atoms with Crippen molar-refractivity contribution in [3.05, 3.63) is 35.4 Å². The lowest BCUT2D eigenvalue weighted by Gasteiger charge is -2.13. The topological polar surface area (TPSA) is 29.5 Å². The van der Waals surface area contributed by atoms with Gasteiger partial charge in [0.25, 0.3) is 5.91 Å².